The van der Waals surface area contributed by atoms with Crippen LogP contribution >= 0.6 is 0 Å². The lowest BCUT2D eigenvalue weighted by molar-refractivity contribution is 0.252. The van der Waals surface area contributed by atoms with Gasteiger partial charge < -0.3 is 15.4 Å². The van der Waals surface area contributed by atoms with Crippen molar-refractivity contribution in [3.8, 4) is 11.8 Å². The summed E-state index contributed by atoms with van der Waals surface area (Å²) in [5, 5.41) is 14.2. The van der Waals surface area contributed by atoms with E-state index in [0.29, 0.717) is 13.0 Å². The molecule has 2 aromatic rings. The lowest BCUT2D eigenvalue weighted by Gasteiger charge is -2.10. The molecule has 0 aliphatic rings. The van der Waals surface area contributed by atoms with E-state index in [1.165, 1.54) is 12.1 Å². The Bertz CT molecular complexity index is 741. The molecule has 2 N–H and O–H groups in total. The number of nitrogens with zero attached hydrogens (tertiary/aromatic N) is 1. The molecular weight excluding hydrogens is 297 g/mol. The number of urea groups is 1. The Morgan fingerprint density at radius 2 is 2.09 bits per heavy atom. The zero-order valence-corrected chi connectivity index (χ0v) is 12.6. The predicted octanol–water partition coefficient (Wildman–Crippen LogP) is 3.07. The van der Waals surface area contributed by atoms with Crippen molar-refractivity contribution in [2.75, 3.05) is 19.0 Å². The number of carbonyl (C=O) groups is 1. The van der Waals surface area contributed by atoms with Gasteiger partial charge in [0, 0.05) is 6.54 Å². The molecular formula is C17H16FN3O2. The number of amides is 2. The fraction of sp³-hybridized carbons (Fsp3) is 0.176. The molecule has 6 heteroatoms. The maximum Gasteiger partial charge on any atom is 0.319 e. The van der Waals surface area contributed by atoms with Gasteiger partial charge in [0.25, 0.3) is 0 Å². The number of halogens is 1. The third-order valence-electron chi connectivity index (χ3n) is 3.22. The summed E-state index contributed by atoms with van der Waals surface area (Å²) in [4.78, 5) is 11.9. The zero-order valence-electron chi connectivity index (χ0n) is 12.6. The molecule has 0 fully saturated rings. The first-order valence-electron chi connectivity index (χ1n) is 7.00. The maximum atomic E-state index is 13.0. The standard InChI is InChI=1S/C17H16FN3O2/c1-23-16-5-3-2-4-12(16)8-9-20-17(22)21-15-7-6-14(18)10-13(15)11-19/h2-7,10H,8-9H2,1H3,(H2,20,21,22). The molecule has 2 aromatic carbocycles. The molecule has 5 nitrogen and oxygen atoms in total. The van der Waals surface area contributed by atoms with E-state index < -0.39 is 11.8 Å². The van der Waals surface area contributed by atoms with Crippen molar-refractivity contribution in [2.24, 2.45) is 0 Å². The van der Waals surface area contributed by atoms with Crippen molar-refractivity contribution in [1.29, 1.82) is 5.26 Å². The highest BCUT2D eigenvalue weighted by Gasteiger charge is 2.08. The average molecular weight is 313 g/mol. The summed E-state index contributed by atoms with van der Waals surface area (Å²) >= 11 is 0. The van der Waals surface area contributed by atoms with Crippen LogP contribution in [0.3, 0.4) is 0 Å². The van der Waals surface area contributed by atoms with E-state index in [-0.39, 0.29) is 11.3 Å². The summed E-state index contributed by atoms with van der Waals surface area (Å²) in [6.07, 6.45) is 0.603. The largest absolute Gasteiger partial charge is 0.496 e. The Hall–Kier alpha value is -3.07. The number of nitrogens with one attached hydrogen (secondary N) is 2. The summed E-state index contributed by atoms with van der Waals surface area (Å²) in [5.74, 6) is 0.240. The Kier molecular flexibility index (Phi) is 5.53. The minimum atomic E-state index is -0.524. The van der Waals surface area contributed by atoms with Gasteiger partial charge in [-0.05, 0) is 36.2 Å². The smallest absolute Gasteiger partial charge is 0.319 e. The van der Waals surface area contributed by atoms with Crippen molar-refractivity contribution in [3.63, 3.8) is 0 Å². The molecule has 23 heavy (non-hydrogen) atoms. The van der Waals surface area contributed by atoms with Crippen molar-refractivity contribution in [3.05, 3.63) is 59.4 Å². The fourth-order valence-electron chi connectivity index (χ4n) is 2.10. The molecule has 0 aromatic heterocycles. The molecule has 0 spiro atoms. The second-order valence-electron chi connectivity index (χ2n) is 4.74. The highest BCUT2D eigenvalue weighted by molar-refractivity contribution is 5.90. The van der Waals surface area contributed by atoms with E-state index in [9.17, 15) is 9.18 Å². The van der Waals surface area contributed by atoms with Crippen LogP contribution in [0.2, 0.25) is 0 Å². The third-order valence-corrected chi connectivity index (χ3v) is 3.22. The summed E-state index contributed by atoms with van der Waals surface area (Å²) in [5.41, 5.74) is 1.32. The van der Waals surface area contributed by atoms with Gasteiger partial charge in [-0.2, -0.15) is 5.26 Å². The number of para-hydroxylation sites is 1. The first-order valence-corrected chi connectivity index (χ1v) is 7.00. The lowest BCUT2D eigenvalue weighted by Crippen LogP contribution is -2.30. The zero-order chi connectivity index (χ0) is 16.7. The number of benzene rings is 2. The van der Waals surface area contributed by atoms with E-state index in [4.69, 9.17) is 10.00 Å². The van der Waals surface area contributed by atoms with Crippen LogP contribution in [-0.2, 0) is 6.42 Å². The molecule has 0 aliphatic carbocycles. The number of anilines is 1. The van der Waals surface area contributed by atoms with Crippen LogP contribution in [0.25, 0.3) is 0 Å². The molecule has 118 valence electrons. The Morgan fingerprint density at radius 1 is 1.30 bits per heavy atom. The molecule has 0 radical (unpaired) electrons. The Balaban J connectivity index is 1.90. The summed E-state index contributed by atoms with van der Waals surface area (Å²) in [6, 6.07) is 12.5. The molecule has 0 saturated heterocycles. The number of methoxy groups -OCH3 is 1. The second kappa shape index (κ2) is 7.80. The molecule has 0 heterocycles. The minimum Gasteiger partial charge on any atom is -0.496 e. The van der Waals surface area contributed by atoms with Crippen LogP contribution in [0.5, 0.6) is 5.75 Å². The van der Waals surface area contributed by atoms with Gasteiger partial charge in [-0.15, -0.1) is 0 Å². The molecule has 0 aliphatic heterocycles. The number of hydrogen-bond donors (Lipinski definition) is 2. The topological polar surface area (TPSA) is 74.2 Å². The van der Waals surface area contributed by atoms with E-state index in [2.05, 4.69) is 10.6 Å². The van der Waals surface area contributed by atoms with Gasteiger partial charge >= 0.3 is 6.03 Å². The van der Waals surface area contributed by atoms with Crippen LogP contribution in [0.1, 0.15) is 11.1 Å². The third kappa shape index (κ3) is 4.45. The molecule has 0 unspecified atom stereocenters. The monoisotopic (exact) mass is 313 g/mol. The second-order valence-corrected chi connectivity index (χ2v) is 4.74. The van der Waals surface area contributed by atoms with Crippen LogP contribution in [0.4, 0.5) is 14.9 Å². The number of nitriles is 1. The molecule has 0 atom stereocenters. The van der Waals surface area contributed by atoms with Crippen molar-refractivity contribution in [2.45, 2.75) is 6.42 Å². The van der Waals surface area contributed by atoms with Gasteiger partial charge in [0.05, 0.1) is 18.4 Å². The first kappa shape index (κ1) is 16.3. The molecule has 0 saturated carbocycles. The van der Waals surface area contributed by atoms with Crippen LogP contribution in [0, 0.1) is 17.1 Å². The maximum absolute atomic E-state index is 13.0. The summed E-state index contributed by atoms with van der Waals surface area (Å²) < 4.78 is 18.3. The van der Waals surface area contributed by atoms with Gasteiger partial charge in [0.1, 0.15) is 17.6 Å². The van der Waals surface area contributed by atoms with Crippen LogP contribution in [0.15, 0.2) is 42.5 Å². The fourth-order valence-corrected chi connectivity index (χ4v) is 2.10. The number of hydrogen-bond acceptors (Lipinski definition) is 3. The number of carbonyl (C=O) groups excluding carboxylic acids is 1. The number of ether oxygens (including phenoxy) is 1. The van der Waals surface area contributed by atoms with Crippen molar-refractivity contribution >= 4 is 11.7 Å². The molecule has 0 bridgehead atoms. The van der Waals surface area contributed by atoms with Crippen molar-refractivity contribution < 1.29 is 13.9 Å². The SMILES string of the molecule is COc1ccccc1CCNC(=O)Nc1ccc(F)cc1C#N. The first-order chi connectivity index (χ1) is 11.1. The van der Waals surface area contributed by atoms with E-state index in [1.54, 1.807) is 7.11 Å². The van der Waals surface area contributed by atoms with E-state index in [0.717, 1.165) is 17.4 Å². The molecule has 2 rings (SSSR count). The quantitative estimate of drug-likeness (QED) is 0.891. The van der Waals surface area contributed by atoms with Gasteiger partial charge in [-0.25, -0.2) is 9.18 Å². The van der Waals surface area contributed by atoms with Crippen LogP contribution < -0.4 is 15.4 Å². The lowest BCUT2D eigenvalue weighted by atomic mass is 10.1. The minimum absolute atomic E-state index is 0.0740. The predicted molar refractivity (Wildman–Crippen MR) is 84.8 cm³/mol. The van der Waals surface area contributed by atoms with E-state index >= 15 is 0 Å². The van der Waals surface area contributed by atoms with Gasteiger partial charge in [0.15, 0.2) is 0 Å². The number of rotatable bonds is 5. The highest BCUT2D eigenvalue weighted by Crippen LogP contribution is 2.17. The normalized spacial score (nSPS) is 9.78. The Morgan fingerprint density at radius 3 is 2.83 bits per heavy atom. The average Bonchev–Trinajstić information content (AvgIpc) is 2.57. The van der Waals surface area contributed by atoms with Gasteiger partial charge in [-0.3, -0.25) is 0 Å². The van der Waals surface area contributed by atoms with Gasteiger partial charge in [-0.1, -0.05) is 18.2 Å². The van der Waals surface area contributed by atoms with Crippen molar-refractivity contribution in [1.82, 2.24) is 5.32 Å². The highest BCUT2D eigenvalue weighted by atomic mass is 19.1. The Labute approximate surface area is 133 Å². The summed E-state index contributed by atoms with van der Waals surface area (Å²) in [6.45, 7) is 0.398. The van der Waals surface area contributed by atoms with E-state index in [1.807, 2.05) is 30.3 Å². The molecule has 2 amide bonds. The summed E-state index contributed by atoms with van der Waals surface area (Å²) in [7, 11) is 1.59. The van der Waals surface area contributed by atoms with Crippen LogP contribution in [-0.4, -0.2) is 19.7 Å². The van der Waals surface area contributed by atoms with Gasteiger partial charge in [0.2, 0.25) is 0 Å².